The van der Waals surface area contributed by atoms with Gasteiger partial charge in [-0.05, 0) is 23.8 Å². The van der Waals surface area contributed by atoms with E-state index in [1.165, 1.54) is 31.2 Å². The summed E-state index contributed by atoms with van der Waals surface area (Å²) in [4.78, 5) is 0. The first kappa shape index (κ1) is 17.2. The van der Waals surface area contributed by atoms with Gasteiger partial charge in [0.05, 0.1) is 0 Å². The fraction of sp³-hybridized carbons (Fsp3) is 0.667. The molecule has 0 spiro atoms. The van der Waals surface area contributed by atoms with Crippen molar-refractivity contribution < 1.29 is 0 Å². The van der Waals surface area contributed by atoms with Crippen LogP contribution < -0.4 is 11.1 Å². The van der Waals surface area contributed by atoms with Gasteiger partial charge in [0.25, 0.3) is 0 Å². The number of nitrogens with one attached hydrogen (secondary N) is 1. The summed E-state index contributed by atoms with van der Waals surface area (Å²) in [7, 11) is 0. The van der Waals surface area contributed by atoms with Gasteiger partial charge in [0, 0.05) is 19.1 Å². The lowest BCUT2D eigenvalue weighted by molar-refractivity contribution is 0.299. The molecule has 1 unspecified atom stereocenters. The molecule has 1 aromatic rings. The van der Waals surface area contributed by atoms with E-state index >= 15 is 0 Å². The van der Waals surface area contributed by atoms with Crippen molar-refractivity contribution in [3.8, 4) is 0 Å². The van der Waals surface area contributed by atoms with E-state index in [0.29, 0.717) is 5.41 Å². The first-order valence-corrected chi connectivity index (χ1v) is 8.04. The maximum Gasteiger partial charge on any atom is 0.0206 e. The third-order valence-electron chi connectivity index (χ3n) is 3.81. The van der Waals surface area contributed by atoms with Crippen molar-refractivity contribution in [2.24, 2.45) is 11.1 Å². The van der Waals surface area contributed by atoms with Crippen molar-refractivity contribution in [3.05, 3.63) is 35.9 Å². The van der Waals surface area contributed by atoms with Gasteiger partial charge in [-0.3, -0.25) is 0 Å². The molecule has 20 heavy (non-hydrogen) atoms. The van der Waals surface area contributed by atoms with E-state index in [0.717, 1.165) is 19.5 Å². The molecule has 1 atom stereocenters. The molecule has 0 aromatic heterocycles. The summed E-state index contributed by atoms with van der Waals surface area (Å²) in [5, 5.41) is 3.55. The van der Waals surface area contributed by atoms with Crippen LogP contribution in [0.15, 0.2) is 30.3 Å². The molecule has 0 aliphatic heterocycles. The Hall–Kier alpha value is -0.860. The Kier molecular flexibility index (Phi) is 7.86. The highest BCUT2D eigenvalue weighted by Gasteiger charge is 2.17. The quantitative estimate of drug-likeness (QED) is 0.639. The molecule has 0 aliphatic carbocycles. The average molecular weight is 276 g/mol. The first-order chi connectivity index (χ1) is 9.53. The van der Waals surface area contributed by atoms with Crippen molar-refractivity contribution in [3.63, 3.8) is 0 Å². The molecule has 0 radical (unpaired) electrons. The van der Waals surface area contributed by atoms with Crippen LogP contribution in [0.5, 0.6) is 0 Å². The standard InChI is InChI=1S/C18H32N2/c1-4-5-9-12-18(2,3)15-20-14-17(19)13-16-10-7-6-8-11-16/h6-8,10-11,17,20H,4-5,9,12-15,19H2,1-3H3. The van der Waals surface area contributed by atoms with E-state index < -0.39 is 0 Å². The van der Waals surface area contributed by atoms with E-state index in [1.54, 1.807) is 0 Å². The highest BCUT2D eigenvalue weighted by atomic mass is 14.9. The second-order valence-corrected chi connectivity index (χ2v) is 6.70. The Morgan fingerprint density at radius 2 is 1.85 bits per heavy atom. The summed E-state index contributed by atoms with van der Waals surface area (Å²) in [6, 6.07) is 10.7. The molecule has 0 aliphatic rings. The fourth-order valence-electron chi connectivity index (χ4n) is 2.53. The molecule has 2 heteroatoms. The molecule has 0 saturated heterocycles. The minimum atomic E-state index is 0.198. The monoisotopic (exact) mass is 276 g/mol. The lowest BCUT2D eigenvalue weighted by Crippen LogP contribution is -2.39. The number of hydrogen-bond acceptors (Lipinski definition) is 2. The molecule has 0 saturated carbocycles. The zero-order chi connectivity index (χ0) is 14.8. The van der Waals surface area contributed by atoms with E-state index in [2.05, 4.69) is 50.4 Å². The lowest BCUT2D eigenvalue weighted by atomic mass is 9.87. The average Bonchev–Trinajstić information content (AvgIpc) is 2.39. The van der Waals surface area contributed by atoms with Crippen LogP contribution in [0.25, 0.3) is 0 Å². The van der Waals surface area contributed by atoms with Gasteiger partial charge in [-0.1, -0.05) is 70.4 Å². The van der Waals surface area contributed by atoms with E-state index in [4.69, 9.17) is 5.73 Å². The number of rotatable bonds is 10. The first-order valence-electron chi connectivity index (χ1n) is 8.04. The molecule has 0 amide bonds. The highest BCUT2D eigenvalue weighted by Crippen LogP contribution is 2.22. The Morgan fingerprint density at radius 3 is 2.50 bits per heavy atom. The normalized spacial score (nSPS) is 13.4. The number of benzene rings is 1. The summed E-state index contributed by atoms with van der Waals surface area (Å²) < 4.78 is 0. The van der Waals surface area contributed by atoms with Gasteiger partial charge in [-0.15, -0.1) is 0 Å². The van der Waals surface area contributed by atoms with Crippen LogP contribution in [-0.4, -0.2) is 19.1 Å². The summed E-state index contributed by atoms with van der Waals surface area (Å²) in [5.74, 6) is 0. The lowest BCUT2D eigenvalue weighted by Gasteiger charge is -2.26. The summed E-state index contributed by atoms with van der Waals surface area (Å²) in [5.41, 5.74) is 7.89. The molecular weight excluding hydrogens is 244 g/mol. The zero-order valence-electron chi connectivity index (χ0n) is 13.5. The molecule has 114 valence electrons. The van der Waals surface area contributed by atoms with Crippen LogP contribution in [0.3, 0.4) is 0 Å². The predicted octanol–water partition coefficient (Wildman–Crippen LogP) is 3.75. The van der Waals surface area contributed by atoms with E-state index in [-0.39, 0.29) is 6.04 Å². The molecule has 3 N–H and O–H groups in total. The van der Waals surface area contributed by atoms with Crippen molar-refractivity contribution in [1.82, 2.24) is 5.32 Å². The maximum atomic E-state index is 6.19. The summed E-state index contributed by atoms with van der Waals surface area (Å²) in [6.07, 6.45) is 6.22. The second kappa shape index (κ2) is 9.15. The van der Waals surface area contributed by atoms with Crippen LogP contribution in [0.4, 0.5) is 0 Å². The number of nitrogens with two attached hydrogens (primary N) is 1. The SMILES string of the molecule is CCCCCC(C)(C)CNCC(N)Cc1ccccc1. The van der Waals surface area contributed by atoms with Gasteiger partial charge in [-0.2, -0.15) is 0 Å². The smallest absolute Gasteiger partial charge is 0.0206 e. The van der Waals surface area contributed by atoms with Crippen molar-refractivity contribution in [2.45, 2.75) is 58.9 Å². The van der Waals surface area contributed by atoms with E-state index in [9.17, 15) is 0 Å². The third kappa shape index (κ3) is 7.66. The second-order valence-electron chi connectivity index (χ2n) is 6.70. The van der Waals surface area contributed by atoms with E-state index in [1.807, 2.05) is 6.07 Å². The molecular formula is C18H32N2. The molecule has 0 fully saturated rings. The molecule has 2 nitrogen and oxygen atoms in total. The van der Waals surface area contributed by atoms with Crippen LogP contribution in [-0.2, 0) is 6.42 Å². The summed E-state index contributed by atoms with van der Waals surface area (Å²) >= 11 is 0. The summed E-state index contributed by atoms with van der Waals surface area (Å²) in [6.45, 7) is 8.90. The minimum absolute atomic E-state index is 0.198. The largest absolute Gasteiger partial charge is 0.326 e. The Bertz CT molecular complexity index is 346. The van der Waals surface area contributed by atoms with Gasteiger partial charge in [0.2, 0.25) is 0 Å². The van der Waals surface area contributed by atoms with Crippen LogP contribution in [0.1, 0.15) is 52.0 Å². The van der Waals surface area contributed by atoms with Crippen molar-refractivity contribution >= 4 is 0 Å². The molecule has 1 aromatic carbocycles. The number of hydrogen-bond donors (Lipinski definition) is 2. The molecule has 0 bridgehead atoms. The van der Waals surface area contributed by atoms with Crippen LogP contribution in [0.2, 0.25) is 0 Å². The van der Waals surface area contributed by atoms with Crippen molar-refractivity contribution in [1.29, 1.82) is 0 Å². The van der Waals surface area contributed by atoms with Gasteiger partial charge >= 0.3 is 0 Å². The minimum Gasteiger partial charge on any atom is -0.326 e. The molecule has 0 heterocycles. The van der Waals surface area contributed by atoms with Gasteiger partial charge in [-0.25, -0.2) is 0 Å². The third-order valence-corrected chi connectivity index (χ3v) is 3.81. The fourth-order valence-corrected chi connectivity index (χ4v) is 2.53. The Labute approximate surface area is 125 Å². The van der Waals surface area contributed by atoms with Crippen molar-refractivity contribution in [2.75, 3.05) is 13.1 Å². The topological polar surface area (TPSA) is 38.0 Å². The molecule has 1 rings (SSSR count). The Morgan fingerprint density at radius 1 is 1.15 bits per heavy atom. The van der Waals surface area contributed by atoms with Crippen LogP contribution >= 0.6 is 0 Å². The predicted molar refractivity (Wildman–Crippen MR) is 88.9 cm³/mol. The van der Waals surface area contributed by atoms with Gasteiger partial charge < -0.3 is 11.1 Å². The highest BCUT2D eigenvalue weighted by molar-refractivity contribution is 5.15. The van der Waals surface area contributed by atoms with Gasteiger partial charge in [0.1, 0.15) is 0 Å². The van der Waals surface area contributed by atoms with Gasteiger partial charge in [0.15, 0.2) is 0 Å². The Balaban J connectivity index is 2.19. The van der Waals surface area contributed by atoms with Crippen LogP contribution in [0, 0.1) is 5.41 Å². The zero-order valence-corrected chi connectivity index (χ0v) is 13.5. The number of unbranched alkanes of at least 4 members (excludes halogenated alkanes) is 2. The maximum absolute atomic E-state index is 6.19.